The fraction of sp³-hybridized carbons (Fsp3) is 0.412. The Labute approximate surface area is 268 Å². The molecule has 1 aliphatic heterocycles. The summed E-state index contributed by atoms with van der Waals surface area (Å²) >= 11 is 0. The van der Waals surface area contributed by atoms with E-state index in [9.17, 15) is 24.0 Å². The second kappa shape index (κ2) is 15.3. The van der Waals surface area contributed by atoms with Crippen LogP contribution in [0.2, 0.25) is 0 Å². The van der Waals surface area contributed by atoms with Crippen LogP contribution in [0.5, 0.6) is 0 Å². The van der Waals surface area contributed by atoms with Crippen LogP contribution in [0.4, 0.5) is 0 Å². The van der Waals surface area contributed by atoms with Crippen molar-refractivity contribution in [1.82, 2.24) is 30.9 Å². The zero-order valence-corrected chi connectivity index (χ0v) is 26.9. The molecule has 2 aromatic carbocycles. The number of hydrogen-bond donors (Lipinski definition) is 3. The van der Waals surface area contributed by atoms with Crippen molar-refractivity contribution in [2.24, 2.45) is 5.92 Å². The van der Waals surface area contributed by atoms with Gasteiger partial charge in [0.1, 0.15) is 35.1 Å². The van der Waals surface area contributed by atoms with E-state index >= 15 is 0 Å². The number of likely N-dealkylation sites (N-methyl/N-ethyl adjacent to an activating group) is 1. The summed E-state index contributed by atoms with van der Waals surface area (Å²) in [6, 6.07) is 15.5. The van der Waals surface area contributed by atoms with Crippen molar-refractivity contribution in [3.05, 3.63) is 77.6 Å². The molecule has 12 nitrogen and oxygen atoms in total. The maximum atomic E-state index is 14.1. The van der Waals surface area contributed by atoms with Crippen molar-refractivity contribution in [3.8, 4) is 11.3 Å². The van der Waals surface area contributed by atoms with E-state index in [0.29, 0.717) is 17.7 Å². The highest BCUT2D eigenvalue weighted by Gasteiger charge is 2.34. The minimum absolute atomic E-state index is 0.00613. The molecule has 2 heterocycles. The predicted molar refractivity (Wildman–Crippen MR) is 171 cm³/mol. The third-order valence-corrected chi connectivity index (χ3v) is 7.99. The highest BCUT2D eigenvalue weighted by molar-refractivity contribution is 6.02. The van der Waals surface area contributed by atoms with Crippen molar-refractivity contribution in [2.75, 3.05) is 26.7 Å². The first-order valence-corrected chi connectivity index (χ1v) is 15.4. The van der Waals surface area contributed by atoms with Gasteiger partial charge in [-0.15, -0.1) is 0 Å². The third kappa shape index (κ3) is 8.38. The molecule has 1 fully saturated rings. The zero-order valence-electron chi connectivity index (χ0n) is 26.9. The molecule has 46 heavy (non-hydrogen) atoms. The fourth-order valence-electron chi connectivity index (χ4n) is 5.34. The maximum Gasteiger partial charge on any atom is 0.260 e. The number of nitrogens with zero attached hydrogens (tertiary/aromatic N) is 3. The number of amides is 5. The lowest BCUT2D eigenvalue weighted by Gasteiger charge is -2.30. The smallest absolute Gasteiger partial charge is 0.260 e. The Morgan fingerprint density at radius 1 is 0.957 bits per heavy atom. The molecule has 3 atom stereocenters. The number of carbonyl (C=O) groups excluding carboxylic acids is 5. The van der Waals surface area contributed by atoms with Crippen molar-refractivity contribution >= 4 is 29.5 Å². The second-order valence-corrected chi connectivity index (χ2v) is 12.0. The first-order chi connectivity index (χ1) is 22.0. The highest BCUT2D eigenvalue weighted by Crippen LogP contribution is 2.26. The number of hydrogen-bond acceptors (Lipinski definition) is 7. The SMILES string of the molecule is Cc1onc(-c2ccccc2)c1C(=O)N1CCNC(=O)[C@H](Cc2ccccc2)NC(=O)[C@H](C)N(C)C(=O)[C@H](CC(C)C)NC(=O)C1. The van der Waals surface area contributed by atoms with Crippen molar-refractivity contribution in [2.45, 2.75) is 58.7 Å². The van der Waals surface area contributed by atoms with E-state index in [0.717, 1.165) is 5.56 Å². The van der Waals surface area contributed by atoms with E-state index < -0.39 is 47.7 Å². The number of nitrogens with one attached hydrogen (secondary N) is 3. The van der Waals surface area contributed by atoms with Gasteiger partial charge in [0.25, 0.3) is 5.91 Å². The lowest BCUT2D eigenvalue weighted by Crippen LogP contribution is -2.57. The number of carbonyl (C=O) groups is 5. The Morgan fingerprint density at radius 2 is 1.61 bits per heavy atom. The van der Waals surface area contributed by atoms with Gasteiger partial charge < -0.3 is 30.3 Å². The molecule has 0 unspecified atom stereocenters. The summed E-state index contributed by atoms with van der Waals surface area (Å²) in [6.07, 6.45) is 0.526. The summed E-state index contributed by atoms with van der Waals surface area (Å²) in [5.74, 6) is -2.19. The minimum atomic E-state index is -0.952. The van der Waals surface area contributed by atoms with E-state index in [-0.39, 0.29) is 43.3 Å². The Morgan fingerprint density at radius 3 is 2.26 bits per heavy atom. The van der Waals surface area contributed by atoms with Crippen LogP contribution < -0.4 is 16.0 Å². The van der Waals surface area contributed by atoms with E-state index in [1.54, 1.807) is 26.0 Å². The van der Waals surface area contributed by atoms with Gasteiger partial charge in [-0.25, -0.2) is 0 Å². The van der Waals surface area contributed by atoms with Gasteiger partial charge in [0.15, 0.2) is 0 Å². The molecule has 4 rings (SSSR count). The molecule has 0 spiro atoms. The molecule has 0 aliphatic carbocycles. The van der Waals surface area contributed by atoms with Gasteiger partial charge in [0.2, 0.25) is 23.6 Å². The lowest BCUT2D eigenvalue weighted by molar-refractivity contribution is -0.142. The molecule has 3 aromatic rings. The van der Waals surface area contributed by atoms with Crippen LogP contribution in [0.3, 0.4) is 0 Å². The van der Waals surface area contributed by atoms with Crippen molar-refractivity contribution < 1.29 is 28.5 Å². The Kier molecular flexibility index (Phi) is 11.3. The molecule has 1 aliphatic rings. The van der Waals surface area contributed by atoms with Crippen LogP contribution >= 0.6 is 0 Å². The summed E-state index contributed by atoms with van der Waals surface area (Å²) < 4.78 is 5.41. The van der Waals surface area contributed by atoms with E-state index in [2.05, 4.69) is 21.1 Å². The fourth-order valence-corrected chi connectivity index (χ4v) is 5.34. The first kappa shape index (κ1) is 33.9. The van der Waals surface area contributed by atoms with Gasteiger partial charge in [0.05, 0.1) is 6.54 Å². The summed E-state index contributed by atoms with van der Waals surface area (Å²) in [6.45, 7) is 6.60. The van der Waals surface area contributed by atoms with Gasteiger partial charge in [0, 0.05) is 32.1 Å². The Balaban J connectivity index is 1.68. The molecular weight excluding hydrogens is 588 g/mol. The third-order valence-electron chi connectivity index (χ3n) is 7.99. The van der Waals surface area contributed by atoms with Gasteiger partial charge in [-0.2, -0.15) is 0 Å². The molecule has 0 saturated carbocycles. The quantitative estimate of drug-likeness (QED) is 0.378. The van der Waals surface area contributed by atoms with Crippen LogP contribution in [0.15, 0.2) is 65.2 Å². The average molecular weight is 631 g/mol. The molecule has 3 N–H and O–H groups in total. The highest BCUT2D eigenvalue weighted by atomic mass is 16.5. The predicted octanol–water partition coefficient (Wildman–Crippen LogP) is 2.33. The molecule has 5 amide bonds. The van der Waals surface area contributed by atoms with Crippen LogP contribution in [0, 0.1) is 12.8 Å². The molecule has 1 saturated heterocycles. The van der Waals surface area contributed by atoms with Crippen LogP contribution in [-0.2, 0) is 25.6 Å². The summed E-state index contributed by atoms with van der Waals surface area (Å²) in [5, 5.41) is 12.5. The number of benzene rings is 2. The van der Waals surface area contributed by atoms with Crippen molar-refractivity contribution in [3.63, 3.8) is 0 Å². The van der Waals surface area contributed by atoms with Crippen molar-refractivity contribution in [1.29, 1.82) is 0 Å². The van der Waals surface area contributed by atoms with Crippen LogP contribution in [0.25, 0.3) is 11.3 Å². The summed E-state index contributed by atoms with van der Waals surface area (Å²) in [7, 11) is 1.49. The molecule has 0 bridgehead atoms. The number of rotatable bonds is 6. The van der Waals surface area contributed by atoms with Crippen LogP contribution in [0.1, 0.15) is 48.9 Å². The van der Waals surface area contributed by atoms with E-state index in [1.165, 1.54) is 16.8 Å². The first-order valence-electron chi connectivity index (χ1n) is 15.4. The van der Waals surface area contributed by atoms with Gasteiger partial charge in [-0.1, -0.05) is 79.7 Å². The Hall–Kier alpha value is -5.00. The number of aromatic nitrogens is 1. The normalized spacial score (nSPS) is 20.4. The van der Waals surface area contributed by atoms with E-state index in [1.807, 2.05) is 62.4 Å². The monoisotopic (exact) mass is 630 g/mol. The summed E-state index contributed by atoms with van der Waals surface area (Å²) in [5.41, 5.74) is 2.02. The number of aryl methyl sites for hydroxylation is 1. The topological polar surface area (TPSA) is 154 Å². The maximum absolute atomic E-state index is 14.1. The lowest BCUT2D eigenvalue weighted by atomic mass is 10.0. The minimum Gasteiger partial charge on any atom is -0.360 e. The molecule has 0 radical (unpaired) electrons. The zero-order chi connectivity index (χ0) is 33.4. The van der Waals surface area contributed by atoms with Crippen LogP contribution in [-0.4, -0.2) is 89.3 Å². The Bertz CT molecular complexity index is 1540. The largest absolute Gasteiger partial charge is 0.360 e. The second-order valence-electron chi connectivity index (χ2n) is 12.0. The average Bonchev–Trinajstić information content (AvgIpc) is 3.43. The molecule has 1 aromatic heterocycles. The van der Waals surface area contributed by atoms with Gasteiger partial charge in [-0.05, 0) is 31.7 Å². The summed E-state index contributed by atoms with van der Waals surface area (Å²) in [4.78, 5) is 70.6. The molecule has 12 heteroatoms. The molecular formula is C34H42N6O6. The standard InChI is InChI=1S/C34H42N6O6/c1-21(2)18-27-33(44)39(5)22(3)31(42)37-26(19-24-12-8-6-9-13-24)32(43)35-16-17-40(20-28(41)36-27)34(45)29-23(4)46-38-30(29)25-14-10-7-11-15-25/h6-15,21-22,26-27H,16-20H2,1-5H3,(H,35,43)(H,36,41)(H,37,42)/t22-,26-,27-/m0/s1. The van der Waals surface area contributed by atoms with E-state index in [4.69, 9.17) is 4.52 Å². The van der Waals surface area contributed by atoms with Gasteiger partial charge in [-0.3, -0.25) is 24.0 Å². The van der Waals surface area contributed by atoms with Gasteiger partial charge >= 0.3 is 0 Å². The molecule has 244 valence electrons.